The van der Waals surface area contributed by atoms with Crippen LogP contribution in [0.5, 0.6) is 11.5 Å². The number of thiazole rings is 1. The maximum absolute atomic E-state index is 13.6. The molecule has 3 aromatic rings. The van der Waals surface area contributed by atoms with E-state index < -0.39 is 12.0 Å². The average molecular weight is 527 g/mol. The molecule has 33 heavy (non-hydrogen) atoms. The summed E-state index contributed by atoms with van der Waals surface area (Å²) in [5, 5.41) is 0. The molecule has 9 heteroatoms. The molecule has 0 N–H and O–H groups in total. The van der Waals surface area contributed by atoms with Crippen LogP contribution in [0.1, 0.15) is 30.5 Å². The molecule has 0 amide bonds. The zero-order valence-electron chi connectivity index (χ0n) is 17.8. The molecule has 2 aromatic carbocycles. The first-order chi connectivity index (χ1) is 16.0. The summed E-state index contributed by atoms with van der Waals surface area (Å²) in [5.74, 6) is 0.790. The van der Waals surface area contributed by atoms with E-state index in [0.29, 0.717) is 38.5 Å². The third kappa shape index (κ3) is 3.71. The first-order valence-corrected chi connectivity index (χ1v) is 11.9. The Kier molecular flexibility index (Phi) is 5.67. The molecule has 0 saturated heterocycles. The first-order valence-electron chi connectivity index (χ1n) is 10.3. The van der Waals surface area contributed by atoms with E-state index in [9.17, 15) is 9.59 Å². The van der Waals surface area contributed by atoms with E-state index in [1.54, 1.807) is 10.6 Å². The van der Waals surface area contributed by atoms with Gasteiger partial charge in [-0.25, -0.2) is 9.79 Å². The van der Waals surface area contributed by atoms with E-state index in [1.165, 1.54) is 18.4 Å². The van der Waals surface area contributed by atoms with Gasteiger partial charge < -0.3 is 14.2 Å². The lowest BCUT2D eigenvalue weighted by molar-refractivity contribution is -0.136. The van der Waals surface area contributed by atoms with E-state index in [-0.39, 0.29) is 12.4 Å². The SMILES string of the molecule is CCC1=C(C(=O)OC)[C@H](c2ccccc2)n2c(s/c(=C/c3cc4c(cc3Br)OCO4)c2=O)=N1. The Hall–Kier alpha value is -3.17. The maximum atomic E-state index is 13.6. The molecule has 168 valence electrons. The van der Waals surface area contributed by atoms with Crippen LogP contribution in [0.4, 0.5) is 0 Å². The minimum Gasteiger partial charge on any atom is -0.466 e. The van der Waals surface area contributed by atoms with Gasteiger partial charge in [-0.15, -0.1) is 0 Å². The van der Waals surface area contributed by atoms with Gasteiger partial charge in [0.15, 0.2) is 16.3 Å². The standard InChI is InChI=1S/C24H19BrN2O5S/c1-3-16-20(23(29)30-2)21(13-7-5-4-6-8-13)27-22(28)19(33-24(27)26-16)10-14-9-17-18(11-15(14)25)32-12-31-17/h4-11,21H,3,12H2,1-2H3/b19-10+/t21-/m0/s1. The molecule has 0 unspecified atom stereocenters. The van der Waals surface area contributed by atoms with Crippen molar-refractivity contribution < 1.29 is 19.0 Å². The lowest BCUT2D eigenvalue weighted by atomic mass is 9.95. The minimum atomic E-state index is -0.618. The number of rotatable bonds is 4. The van der Waals surface area contributed by atoms with Gasteiger partial charge in [-0.1, -0.05) is 64.5 Å². The molecule has 3 heterocycles. The molecular weight excluding hydrogens is 508 g/mol. The summed E-state index contributed by atoms with van der Waals surface area (Å²) in [6.45, 7) is 2.10. The second kappa shape index (κ2) is 8.64. The van der Waals surface area contributed by atoms with Gasteiger partial charge in [0.2, 0.25) is 6.79 Å². The number of benzene rings is 2. The number of fused-ring (bicyclic) bond motifs is 2. The van der Waals surface area contributed by atoms with Gasteiger partial charge in [-0.05, 0) is 35.8 Å². The van der Waals surface area contributed by atoms with Gasteiger partial charge >= 0.3 is 5.97 Å². The van der Waals surface area contributed by atoms with E-state index in [2.05, 4.69) is 20.9 Å². The number of hydrogen-bond acceptors (Lipinski definition) is 7. The lowest BCUT2D eigenvalue weighted by Gasteiger charge is -2.25. The Morgan fingerprint density at radius 3 is 2.70 bits per heavy atom. The summed E-state index contributed by atoms with van der Waals surface area (Å²) in [6, 6.07) is 12.5. The molecule has 1 atom stereocenters. The van der Waals surface area contributed by atoms with Crippen LogP contribution < -0.4 is 24.4 Å². The van der Waals surface area contributed by atoms with Crippen molar-refractivity contribution in [2.24, 2.45) is 4.99 Å². The van der Waals surface area contributed by atoms with Crippen molar-refractivity contribution in [3.63, 3.8) is 0 Å². The number of ether oxygens (including phenoxy) is 3. The lowest BCUT2D eigenvalue weighted by Crippen LogP contribution is -2.40. The van der Waals surface area contributed by atoms with Crippen LogP contribution in [0.25, 0.3) is 6.08 Å². The van der Waals surface area contributed by atoms with Crippen LogP contribution in [-0.2, 0) is 9.53 Å². The monoisotopic (exact) mass is 526 g/mol. The van der Waals surface area contributed by atoms with Crippen LogP contribution >= 0.6 is 27.3 Å². The van der Waals surface area contributed by atoms with E-state index in [0.717, 1.165) is 15.6 Å². The Morgan fingerprint density at radius 1 is 1.27 bits per heavy atom. The van der Waals surface area contributed by atoms with Gasteiger partial charge in [0.1, 0.15) is 0 Å². The average Bonchev–Trinajstić information content (AvgIpc) is 3.41. The minimum absolute atomic E-state index is 0.167. The molecule has 0 bridgehead atoms. The fourth-order valence-corrected chi connectivity index (χ4v) is 5.45. The van der Waals surface area contributed by atoms with Crippen molar-refractivity contribution in [3.05, 3.63) is 89.0 Å². The summed E-state index contributed by atoms with van der Waals surface area (Å²) in [7, 11) is 1.34. The molecule has 0 spiro atoms. The quantitative estimate of drug-likeness (QED) is 0.487. The van der Waals surface area contributed by atoms with E-state index in [1.807, 2.05) is 49.4 Å². The Balaban J connectivity index is 1.75. The molecule has 7 nitrogen and oxygen atoms in total. The largest absolute Gasteiger partial charge is 0.466 e. The number of esters is 1. The highest BCUT2D eigenvalue weighted by Gasteiger charge is 2.33. The third-order valence-electron chi connectivity index (χ3n) is 5.54. The van der Waals surface area contributed by atoms with Crippen LogP contribution in [0.3, 0.4) is 0 Å². The normalized spacial score (nSPS) is 17.1. The first kappa shape index (κ1) is 21.7. The number of aromatic nitrogens is 1. The molecule has 0 fully saturated rings. The van der Waals surface area contributed by atoms with Crippen molar-refractivity contribution in [2.45, 2.75) is 19.4 Å². The molecule has 2 aliphatic heterocycles. The Morgan fingerprint density at radius 2 is 2.00 bits per heavy atom. The van der Waals surface area contributed by atoms with Crippen LogP contribution in [0.15, 0.2) is 68.0 Å². The predicted octanol–water partition coefficient (Wildman–Crippen LogP) is 3.29. The van der Waals surface area contributed by atoms with Crippen molar-refractivity contribution in [2.75, 3.05) is 13.9 Å². The van der Waals surface area contributed by atoms with Crippen molar-refractivity contribution in [1.82, 2.24) is 4.57 Å². The molecule has 0 aliphatic carbocycles. The highest BCUT2D eigenvalue weighted by Crippen LogP contribution is 2.37. The van der Waals surface area contributed by atoms with Gasteiger partial charge in [0.25, 0.3) is 5.56 Å². The number of carbonyl (C=O) groups is 1. The highest BCUT2D eigenvalue weighted by molar-refractivity contribution is 9.10. The molecule has 5 rings (SSSR count). The zero-order valence-corrected chi connectivity index (χ0v) is 20.2. The van der Waals surface area contributed by atoms with Crippen LogP contribution in [-0.4, -0.2) is 24.4 Å². The Bertz CT molecular complexity index is 1470. The Labute approximate surface area is 201 Å². The van der Waals surface area contributed by atoms with Crippen molar-refractivity contribution in [1.29, 1.82) is 0 Å². The fraction of sp³-hybridized carbons (Fsp3) is 0.208. The van der Waals surface area contributed by atoms with Crippen LogP contribution in [0, 0.1) is 0 Å². The number of methoxy groups -OCH3 is 1. The molecule has 1 aromatic heterocycles. The summed E-state index contributed by atoms with van der Waals surface area (Å²) < 4.78 is 18.8. The zero-order chi connectivity index (χ0) is 23.1. The van der Waals surface area contributed by atoms with Gasteiger partial charge in [-0.3, -0.25) is 9.36 Å². The second-order valence-corrected chi connectivity index (χ2v) is 9.29. The number of nitrogens with zero attached hydrogens (tertiary/aromatic N) is 2. The smallest absolute Gasteiger partial charge is 0.338 e. The van der Waals surface area contributed by atoms with Gasteiger partial charge in [0, 0.05) is 4.47 Å². The number of carbonyl (C=O) groups excluding carboxylic acids is 1. The predicted molar refractivity (Wildman–Crippen MR) is 127 cm³/mol. The third-order valence-corrected chi connectivity index (χ3v) is 7.21. The fourth-order valence-electron chi connectivity index (χ4n) is 4.00. The van der Waals surface area contributed by atoms with Crippen molar-refractivity contribution >= 4 is 39.3 Å². The topological polar surface area (TPSA) is 79.1 Å². The highest BCUT2D eigenvalue weighted by atomic mass is 79.9. The van der Waals surface area contributed by atoms with E-state index in [4.69, 9.17) is 14.2 Å². The van der Waals surface area contributed by atoms with Crippen LogP contribution in [0.2, 0.25) is 0 Å². The molecule has 0 saturated carbocycles. The van der Waals surface area contributed by atoms with E-state index >= 15 is 0 Å². The summed E-state index contributed by atoms with van der Waals surface area (Å²) in [4.78, 5) is 31.7. The number of allylic oxidation sites excluding steroid dienone is 1. The molecule has 2 aliphatic rings. The van der Waals surface area contributed by atoms with Gasteiger partial charge in [0.05, 0.1) is 29.0 Å². The van der Waals surface area contributed by atoms with Gasteiger partial charge in [-0.2, -0.15) is 0 Å². The summed E-state index contributed by atoms with van der Waals surface area (Å²) in [5.41, 5.74) is 2.37. The molecule has 0 radical (unpaired) electrons. The number of halogens is 1. The second-order valence-electron chi connectivity index (χ2n) is 7.43. The number of hydrogen-bond donors (Lipinski definition) is 0. The molecular formula is C24H19BrN2O5S. The maximum Gasteiger partial charge on any atom is 0.338 e. The summed E-state index contributed by atoms with van der Waals surface area (Å²) >= 11 is 4.83. The summed E-state index contributed by atoms with van der Waals surface area (Å²) in [6.07, 6.45) is 2.33. The van der Waals surface area contributed by atoms with Crippen molar-refractivity contribution in [3.8, 4) is 11.5 Å².